The summed E-state index contributed by atoms with van der Waals surface area (Å²) in [5.74, 6) is 2.71. The molecule has 9 nitrogen and oxygen atoms in total. The highest BCUT2D eigenvalue weighted by Gasteiger charge is 2.37. The Morgan fingerprint density at radius 2 is 1.78 bits per heavy atom. The van der Waals surface area contributed by atoms with E-state index in [1.807, 2.05) is 67.6 Å². The Kier molecular flexibility index (Phi) is 5.29. The van der Waals surface area contributed by atoms with Crippen LogP contribution in [0, 0.1) is 0 Å². The largest absolute Gasteiger partial charge is 0.497 e. The topological polar surface area (TPSA) is 99.0 Å². The maximum Gasteiger partial charge on any atom is 0.327 e. The molecule has 0 saturated heterocycles. The van der Waals surface area contributed by atoms with Crippen molar-refractivity contribution >= 4 is 17.3 Å². The van der Waals surface area contributed by atoms with Crippen LogP contribution >= 0.6 is 0 Å². The molecule has 1 unspecified atom stereocenters. The minimum atomic E-state index is -0.479. The van der Waals surface area contributed by atoms with Gasteiger partial charge >= 0.3 is 6.03 Å². The summed E-state index contributed by atoms with van der Waals surface area (Å²) in [7, 11) is 1.61. The Balaban J connectivity index is 1.46. The summed E-state index contributed by atoms with van der Waals surface area (Å²) in [6.45, 7) is 2.02. The molecule has 0 spiro atoms. The molecule has 6 rings (SSSR count). The molecule has 3 aromatic carbocycles. The lowest BCUT2D eigenvalue weighted by Gasteiger charge is -2.35. The van der Waals surface area contributed by atoms with Crippen molar-refractivity contribution in [2.45, 2.75) is 13.0 Å². The summed E-state index contributed by atoms with van der Waals surface area (Å²) < 4.78 is 21.9. The average Bonchev–Trinajstić information content (AvgIpc) is 3.59. The highest BCUT2D eigenvalue weighted by molar-refractivity contribution is 6.01. The number of hydrogen-bond acceptors (Lipinski definition) is 7. The number of rotatable bonds is 5. The van der Waals surface area contributed by atoms with Gasteiger partial charge in [0, 0.05) is 17.3 Å². The Morgan fingerprint density at radius 1 is 1.00 bits per heavy atom. The number of urea groups is 1. The second-order valence-corrected chi connectivity index (χ2v) is 8.32. The summed E-state index contributed by atoms with van der Waals surface area (Å²) in [4.78, 5) is 19.7. The number of amides is 2. The molecule has 1 atom stereocenters. The van der Waals surface area contributed by atoms with Crippen LogP contribution in [-0.2, 0) is 0 Å². The third-order valence-electron chi connectivity index (χ3n) is 6.24. The maximum absolute atomic E-state index is 13.4. The minimum Gasteiger partial charge on any atom is -0.497 e. The van der Waals surface area contributed by atoms with E-state index in [1.54, 1.807) is 24.1 Å². The van der Waals surface area contributed by atoms with E-state index in [-0.39, 0.29) is 12.8 Å². The van der Waals surface area contributed by atoms with Crippen LogP contribution in [0.25, 0.3) is 17.0 Å². The van der Waals surface area contributed by atoms with Gasteiger partial charge in [0.15, 0.2) is 11.5 Å². The zero-order valence-corrected chi connectivity index (χ0v) is 19.6. The van der Waals surface area contributed by atoms with Gasteiger partial charge in [0.1, 0.15) is 5.75 Å². The number of benzene rings is 3. The summed E-state index contributed by atoms with van der Waals surface area (Å²) in [6, 6.07) is 21.7. The molecular formula is C27H22N4O5. The van der Waals surface area contributed by atoms with E-state index in [1.165, 1.54) is 0 Å². The molecule has 1 aromatic heterocycles. The van der Waals surface area contributed by atoms with E-state index in [4.69, 9.17) is 23.7 Å². The molecule has 180 valence electrons. The number of fused-ring (bicyclic) bond motifs is 1. The number of aromatic nitrogens is 2. The second kappa shape index (κ2) is 8.77. The fraction of sp³-hybridized carbons (Fsp3) is 0.148. The smallest absolute Gasteiger partial charge is 0.327 e. The van der Waals surface area contributed by atoms with E-state index < -0.39 is 6.04 Å². The SMILES string of the molecule is COc1ccc(-c2noc(C3=C(C)N(c4ccc5c(c4)OCO5)C(=O)NC3c3ccccc3)n2)cc1. The van der Waals surface area contributed by atoms with Crippen LogP contribution in [0.1, 0.15) is 24.4 Å². The summed E-state index contributed by atoms with van der Waals surface area (Å²) in [5, 5.41) is 7.32. The molecular weight excluding hydrogens is 460 g/mol. The van der Waals surface area contributed by atoms with Gasteiger partial charge in [0.2, 0.25) is 12.6 Å². The zero-order valence-electron chi connectivity index (χ0n) is 19.6. The lowest BCUT2D eigenvalue weighted by molar-refractivity contribution is 0.174. The van der Waals surface area contributed by atoms with Crippen LogP contribution in [0.3, 0.4) is 0 Å². The van der Waals surface area contributed by atoms with Crippen molar-refractivity contribution in [3.05, 3.63) is 89.9 Å². The molecule has 0 fully saturated rings. The third kappa shape index (κ3) is 3.70. The summed E-state index contributed by atoms with van der Waals surface area (Å²) in [6.07, 6.45) is 0. The second-order valence-electron chi connectivity index (χ2n) is 8.32. The summed E-state index contributed by atoms with van der Waals surface area (Å²) >= 11 is 0. The van der Waals surface area contributed by atoms with Gasteiger partial charge < -0.3 is 24.1 Å². The van der Waals surface area contributed by atoms with Crippen molar-refractivity contribution in [2.75, 3.05) is 18.8 Å². The fourth-order valence-electron chi connectivity index (χ4n) is 4.44. The van der Waals surface area contributed by atoms with Crippen LogP contribution in [0.4, 0.5) is 10.5 Å². The molecule has 0 bridgehead atoms. The van der Waals surface area contributed by atoms with Gasteiger partial charge in [-0.2, -0.15) is 4.98 Å². The van der Waals surface area contributed by atoms with E-state index in [9.17, 15) is 4.79 Å². The Bertz CT molecular complexity index is 1460. The van der Waals surface area contributed by atoms with Crippen molar-refractivity contribution in [3.8, 4) is 28.6 Å². The average molecular weight is 482 g/mol. The highest BCUT2D eigenvalue weighted by atomic mass is 16.7. The van der Waals surface area contributed by atoms with Crippen molar-refractivity contribution in [1.82, 2.24) is 15.5 Å². The number of carbonyl (C=O) groups is 1. The van der Waals surface area contributed by atoms with E-state index in [0.29, 0.717) is 40.2 Å². The number of allylic oxidation sites excluding steroid dienone is 1. The van der Waals surface area contributed by atoms with Gasteiger partial charge in [0.05, 0.1) is 24.4 Å². The molecule has 0 saturated carbocycles. The number of hydrogen-bond donors (Lipinski definition) is 1. The predicted molar refractivity (Wildman–Crippen MR) is 132 cm³/mol. The molecule has 9 heteroatoms. The van der Waals surface area contributed by atoms with E-state index in [2.05, 4.69) is 10.5 Å². The first kappa shape index (κ1) is 21.7. The lowest BCUT2D eigenvalue weighted by Crippen LogP contribution is -2.46. The molecule has 2 aliphatic rings. The molecule has 2 amide bonds. The Hall–Kier alpha value is -4.79. The van der Waals surface area contributed by atoms with Crippen LogP contribution in [0.15, 0.2) is 83.0 Å². The minimum absolute atomic E-state index is 0.150. The van der Waals surface area contributed by atoms with Crippen LogP contribution in [0.5, 0.6) is 17.2 Å². The van der Waals surface area contributed by atoms with Gasteiger partial charge in [0.25, 0.3) is 5.89 Å². The first-order valence-corrected chi connectivity index (χ1v) is 11.4. The van der Waals surface area contributed by atoms with E-state index >= 15 is 0 Å². The molecule has 2 aliphatic heterocycles. The normalized spacial score (nSPS) is 16.8. The van der Waals surface area contributed by atoms with Gasteiger partial charge in [-0.15, -0.1) is 0 Å². The first-order chi connectivity index (χ1) is 17.6. The summed E-state index contributed by atoms with van der Waals surface area (Å²) in [5.41, 5.74) is 3.68. The van der Waals surface area contributed by atoms with Crippen molar-refractivity contribution in [1.29, 1.82) is 0 Å². The molecule has 0 radical (unpaired) electrons. The highest BCUT2D eigenvalue weighted by Crippen LogP contribution is 2.42. The zero-order chi connectivity index (χ0) is 24.6. The number of methoxy groups -OCH3 is 1. The molecule has 1 N–H and O–H groups in total. The number of anilines is 1. The number of carbonyl (C=O) groups excluding carboxylic acids is 1. The lowest BCUT2D eigenvalue weighted by atomic mass is 9.94. The van der Waals surface area contributed by atoms with Gasteiger partial charge in [-0.05, 0) is 48.9 Å². The van der Waals surface area contributed by atoms with Crippen LogP contribution in [-0.4, -0.2) is 30.1 Å². The van der Waals surface area contributed by atoms with Crippen molar-refractivity contribution in [3.63, 3.8) is 0 Å². The number of nitrogens with zero attached hydrogens (tertiary/aromatic N) is 3. The third-order valence-corrected chi connectivity index (χ3v) is 6.24. The van der Waals surface area contributed by atoms with Crippen LogP contribution < -0.4 is 24.4 Å². The first-order valence-electron chi connectivity index (χ1n) is 11.4. The maximum atomic E-state index is 13.4. The Labute approximate surface area is 206 Å². The van der Waals surface area contributed by atoms with Gasteiger partial charge in [-0.3, -0.25) is 4.90 Å². The Morgan fingerprint density at radius 3 is 2.56 bits per heavy atom. The van der Waals surface area contributed by atoms with Gasteiger partial charge in [-0.25, -0.2) is 4.79 Å². The molecule has 3 heterocycles. The van der Waals surface area contributed by atoms with Crippen LogP contribution in [0.2, 0.25) is 0 Å². The molecule has 36 heavy (non-hydrogen) atoms. The molecule has 4 aromatic rings. The number of ether oxygens (including phenoxy) is 3. The number of nitrogens with one attached hydrogen (secondary N) is 1. The molecule has 0 aliphatic carbocycles. The predicted octanol–water partition coefficient (Wildman–Crippen LogP) is 5.18. The standard InChI is InChI=1S/C27H22N4O5/c1-16-23(26-29-25(30-36-26)18-8-11-20(33-2)12-9-18)24(17-6-4-3-5-7-17)28-27(32)31(16)19-10-13-21-22(14-19)35-15-34-21/h3-14,24H,15H2,1-2H3,(H,28,32). The fourth-order valence-corrected chi connectivity index (χ4v) is 4.44. The van der Waals surface area contributed by atoms with Crippen molar-refractivity contribution < 1.29 is 23.5 Å². The van der Waals surface area contributed by atoms with Crippen molar-refractivity contribution in [2.24, 2.45) is 0 Å². The van der Waals surface area contributed by atoms with E-state index in [0.717, 1.165) is 16.9 Å². The van der Waals surface area contributed by atoms with Gasteiger partial charge in [-0.1, -0.05) is 35.5 Å². The quantitative estimate of drug-likeness (QED) is 0.419. The monoisotopic (exact) mass is 482 g/mol.